The molecule has 4 heteroatoms. The smallest absolute Gasteiger partial charge is 0.131 e. The largest absolute Gasteiger partial charge is 0.508 e. The van der Waals surface area contributed by atoms with Crippen LogP contribution in [-0.4, -0.2) is 24.7 Å². The van der Waals surface area contributed by atoms with Gasteiger partial charge in [-0.15, -0.1) is 0 Å². The van der Waals surface area contributed by atoms with Crippen LogP contribution >= 0.6 is 0 Å². The molecule has 0 spiro atoms. The lowest BCUT2D eigenvalue weighted by atomic mass is 10.0. The van der Waals surface area contributed by atoms with Gasteiger partial charge in [0.25, 0.3) is 0 Å². The number of phenols is 1. The fourth-order valence-corrected chi connectivity index (χ4v) is 1.67. The van der Waals surface area contributed by atoms with E-state index in [1.165, 1.54) is 6.07 Å². The van der Waals surface area contributed by atoms with E-state index in [4.69, 9.17) is 5.11 Å². The van der Waals surface area contributed by atoms with Crippen LogP contribution in [-0.2, 0) is 0 Å². The molecule has 1 atom stereocenters. The van der Waals surface area contributed by atoms with Crippen molar-refractivity contribution in [3.8, 4) is 5.75 Å². The van der Waals surface area contributed by atoms with E-state index < -0.39 is 0 Å². The van der Waals surface area contributed by atoms with Crippen molar-refractivity contribution in [1.29, 1.82) is 0 Å². The maximum absolute atomic E-state index is 13.4. The summed E-state index contributed by atoms with van der Waals surface area (Å²) in [4.78, 5) is 0. The van der Waals surface area contributed by atoms with Crippen LogP contribution in [0, 0.1) is 5.82 Å². The third kappa shape index (κ3) is 1.86. The van der Waals surface area contributed by atoms with Crippen molar-refractivity contribution < 1.29 is 9.50 Å². The Morgan fingerprint density at radius 1 is 1.36 bits per heavy atom. The lowest BCUT2D eigenvalue weighted by Gasteiger charge is -2.25. The Balaban J connectivity index is 2.22. The Morgan fingerprint density at radius 3 is 2.86 bits per heavy atom. The molecule has 76 valence electrons. The molecule has 1 aromatic rings. The Morgan fingerprint density at radius 2 is 2.21 bits per heavy atom. The van der Waals surface area contributed by atoms with Crippen molar-refractivity contribution in [3.63, 3.8) is 0 Å². The van der Waals surface area contributed by atoms with Gasteiger partial charge >= 0.3 is 0 Å². The molecule has 1 aromatic carbocycles. The fourth-order valence-electron chi connectivity index (χ4n) is 1.67. The monoisotopic (exact) mass is 196 g/mol. The highest BCUT2D eigenvalue weighted by Crippen LogP contribution is 2.21. The van der Waals surface area contributed by atoms with Gasteiger partial charge in [-0.25, -0.2) is 4.39 Å². The molecule has 1 aliphatic rings. The first-order valence-corrected chi connectivity index (χ1v) is 4.70. The van der Waals surface area contributed by atoms with E-state index in [9.17, 15) is 4.39 Å². The van der Waals surface area contributed by atoms with E-state index in [1.54, 1.807) is 6.07 Å². The maximum atomic E-state index is 13.4. The van der Waals surface area contributed by atoms with E-state index in [2.05, 4.69) is 10.6 Å². The molecule has 0 aliphatic carbocycles. The van der Waals surface area contributed by atoms with Gasteiger partial charge in [-0.1, -0.05) is 6.07 Å². The van der Waals surface area contributed by atoms with Gasteiger partial charge in [-0.05, 0) is 6.07 Å². The molecule has 0 bridgehead atoms. The molecule has 1 fully saturated rings. The number of phenolic OH excluding ortho intramolecular Hbond substituents is 1. The van der Waals surface area contributed by atoms with E-state index in [0.29, 0.717) is 5.56 Å². The third-order valence-electron chi connectivity index (χ3n) is 2.40. The van der Waals surface area contributed by atoms with Gasteiger partial charge < -0.3 is 15.7 Å². The highest BCUT2D eigenvalue weighted by Gasteiger charge is 2.17. The number of hydrogen-bond donors (Lipinski definition) is 3. The second-order valence-electron chi connectivity index (χ2n) is 3.42. The number of aromatic hydroxyl groups is 1. The second kappa shape index (κ2) is 3.94. The van der Waals surface area contributed by atoms with E-state index in [-0.39, 0.29) is 17.6 Å². The molecule has 3 nitrogen and oxygen atoms in total. The second-order valence-corrected chi connectivity index (χ2v) is 3.42. The fraction of sp³-hybridized carbons (Fsp3) is 0.400. The first kappa shape index (κ1) is 9.43. The molecule has 1 heterocycles. The van der Waals surface area contributed by atoms with Gasteiger partial charge in [-0.2, -0.15) is 0 Å². The van der Waals surface area contributed by atoms with Gasteiger partial charge in [0.05, 0.1) is 0 Å². The minimum absolute atomic E-state index is 0.00403. The van der Waals surface area contributed by atoms with Crippen molar-refractivity contribution in [2.24, 2.45) is 0 Å². The molecule has 0 amide bonds. The van der Waals surface area contributed by atoms with Crippen molar-refractivity contribution >= 4 is 0 Å². The van der Waals surface area contributed by atoms with Crippen LogP contribution in [0.2, 0.25) is 0 Å². The highest BCUT2D eigenvalue weighted by atomic mass is 19.1. The molecule has 0 saturated carbocycles. The number of piperazine rings is 1. The number of nitrogens with one attached hydrogen (secondary N) is 2. The van der Waals surface area contributed by atoms with Crippen LogP contribution in [0.15, 0.2) is 18.2 Å². The number of benzene rings is 1. The van der Waals surface area contributed by atoms with Crippen molar-refractivity contribution in [2.75, 3.05) is 19.6 Å². The molecule has 0 aromatic heterocycles. The molecular formula is C10H13FN2O. The third-order valence-corrected chi connectivity index (χ3v) is 2.40. The van der Waals surface area contributed by atoms with Crippen molar-refractivity contribution in [1.82, 2.24) is 10.6 Å². The van der Waals surface area contributed by atoms with Gasteiger partial charge in [0, 0.05) is 37.3 Å². The van der Waals surface area contributed by atoms with Gasteiger partial charge in [0.1, 0.15) is 11.6 Å². The highest BCUT2D eigenvalue weighted by molar-refractivity contribution is 5.30. The average Bonchev–Trinajstić information content (AvgIpc) is 2.19. The van der Waals surface area contributed by atoms with Crippen molar-refractivity contribution in [2.45, 2.75) is 6.04 Å². The maximum Gasteiger partial charge on any atom is 0.131 e. The molecular weight excluding hydrogens is 183 g/mol. The lowest BCUT2D eigenvalue weighted by Crippen LogP contribution is -2.42. The lowest BCUT2D eigenvalue weighted by molar-refractivity contribution is 0.413. The van der Waals surface area contributed by atoms with Gasteiger partial charge in [0.15, 0.2) is 0 Å². The van der Waals surface area contributed by atoms with Crippen LogP contribution in [0.25, 0.3) is 0 Å². The number of rotatable bonds is 1. The molecule has 0 radical (unpaired) electrons. The predicted octanol–water partition coefficient (Wildman–Crippen LogP) is 0.765. The predicted molar refractivity (Wildman–Crippen MR) is 51.7 cm³/mol. The van der Waals surface area contributed by atoms with Crippen LogP contribution in [0.3, 0.4) is 0 Å². The Labute approximate surface area is 81.9 Å². The zero-order valence-corrected chi connectivity index (χ0v) is 7.76. The molecule has 3 N–H and O–H groups in total. The zero-order chi connectivity index (χ0) is 9.97. The Bertz CT molecular complexity index is 324. The Kier molecular flexibility index (Phi) is 2.65. The molecule has 0 unspecified atom stereocenters. The minimum atomic E-state index is -0.355. The standard InChI is InChI=1S/C10H13FN2O/c11-9-5-7(14)1-2-8(9)10-6-12-3-4-13-10/h1-2,5,10,12-14H,3-4,6H2/t10-/m0/s1. The average molecular weight is 196 g/mol. The minimum Gasteiger partial charge on any atom is -0.508 e. The van der Waals surface area contributed by atoms with Crippen molar-refractivity contribution in [3.05, 3.63) is 29.6 Å². The van der Waals surface area contributed by atoms with E-state index >= 15 is 0 Å². The van der Waals surface area contributed by atoms with Gasteiger partial charge in [0.2, 0.25) is 0 Å². The van der Waals surface area contributed by atoms with E-state index in [0.717, 1.165) is 25.7 Å². The quantitative estimate of drug-likeness (QED) is 0.621. The molecule has 14 heavy (non-hydrogen) atoms. The SMILES string of the molecule is Oc1ccc([C@@H]2CNCCN2)c(F)c1. The summed E-state index contributed by atoms with van der Waals surface area (Å²) in [6.45, 7) is 2.48. The summed E-state index contributed by atoms with van der Waals surface area (Å²) in [6.07, 6.45) is 0. The molecule has 2 rings (SSSR count). The number of halogens is 1. The van der Waals surface area contributed by atoms with Gasteiger partial charge in [-0.3, -0.25) is 0 Å². The van der Waals surface area contributed by atoms with Crippen LogP contribution < -0.4 is 10.6 Å². The first-order valence-electron chi connectivity index (χ1n) is 4.70. The first-order chi connectivity index (χ1) is 6.77. The van der Waals surface area contributed by atoms with Crippen LogP contribution in [0.1, 0.15) is 11.6 Å². The number of hydrogen-bond acceptors (Lipinski definition) is 3. The summed E-state index contributed by atoms with van der Waals surface area (Å²) >= 11 is 0. The summed E-state index contributed by atoms with van der Waals surface area (Å²) in [7, 11) is 0. The summed E-state index contributed by atoms with van der Waals surface area (Å²) in [5, 5.41) is 15.5. The summed E-state index contributed by atoms with van der Waals surface area (Å²) < 4.78 is 13.4. The normalized spacial score (nSPS) is 22.2. The van der Waals surface area contributed by atoms with E-state index in [1.807, 2.05) is 0 Å². The summed E-state index contributed by atoms with van der Waals surface area (Å²) in [6, 6.07) is 4.28. The topological polar surface area (TPSA) is 44.3 Å². The molecule has 1 aliphatic heterocycles. The molecule has 1 saturated heterocycles. The summed E-state index contributed by atoms with van der Waals surface area (Å²) in [5.41, 5.74) is 0.606. The zero-order valence-electron chi connectivity index (χ0n) is 7.76. The summed E-state index contributed by atoms with van der Waals surface area (Å²) in [5.74, 6) is -0.388. The van der Waals surface area contributed by atoms with Crippen LogP contribution in [0.5, 0.6) is 5.75 Å². The Hall–Kier alpha value is -1.13. The van der Waals surface area contributed by atoms with Crippen LogP contribution in [0.4, 0.5) is 4.39 Å².